The van der Waals surface area contributed by atoms with Crippen molar-refractivity contribution in [1.82, 2.24) is 24.8 Å². The van der Waals surface area contributed by atoms with Crippen molar-refractivity contribution in [1.29, 1.82) is 0 Å². The fourth-order valence-electron chi connectivity index (χ4n) is 3.10. The van der Waals surface area contributed by atoms with Crippen LogP contribution in [0.4, 0.5) is 0 Å². The Kier molecular flexibility index (Phi) is 3.70. The van der Waals surface area contributed by atoms with Crippen LogP contribution in [-0.2, 0) is 0 Å². The van der Waals surface area contributed by atoms with Crippen LogP contribution in [0.25, 0.3) is 37.8 Å². The van der Waals surface area contributed by atoms with Crippen molar-refractivity contribution in [3.63, 3.8) is 0 Å². The average Bonchev–Trinajstić information content (AvgIpc) is 3.24. The lowest BCUT2D eigenvalue weighted by Gasteiger charge is -2.06. The average molecular weight is 392 g/mol. The van der Waals surface area contributed by atoms with Crippen LogP contribution in [0.15, 0.2) is 48.7 Å². The summed E-state index contributed by atoms with van der Waals surface area (Å²) in [7, 11) is 0. The maximum Gasteiger partial charge on any atom is 0.235 e. The summed E-state index contributed by atoms with van der Waals surface area (Å²) >= 11 is 8.15. The molecule has 0 N–H and O–H groups in total. The maximum atomic E-state index is 6.70. The van der Waals surface area contributed by atoms with Crippen molar-refractivity contribution in [3.8, 4) is 22.0 Å². The lowest BCUT2D eigenvalue weighted by Crippen LogP contribution is -1.92. The molecule has 0 radical (unpaired) electrons. The Balaban J connectivity index is 1.67. The van der Waals surface area contributed by atoms with Crippen molar-refractivity contribution < 1.29 is 0 Å². The number of halogens is 1. The summed E-state index contributed by atoms with van der Waals surface area (Å²) in [6, 6.07) is 14.2. The first kappa shape index (κ1) is 16.4. The fourth-order valence-corrected chi connectivity index (χ4v) is 4.30. The molecule has 5 rings (SSSR count). The smallest absolute Gasteiger partial charge is 0.235 e. The highest BCUT2D eigenvalue weighted by Gasteiger charge is 2.18. The zero-order chi connectivity index (χ0) is 18.5. The van der Waals surface area contributed by atoms with Gasteiger partial charge in [-0.3, -0.25) is 4.98 Å². The first-order chi connectivity index (χ1) is 13.1. The number of fused-ring (bicyclic) bond motifs is 2. The van der Waals surface area contributed by atoms with E-state index in [9.17, 15) is 0 Å². The molecule has 5 aromatic rings. The molecule has 0 unspecified atom stereocenters. The Morgan fingerprint density at radius 1 is 1.00 bits per heavy atom. The molecule has 0 aliphatic heterocycles. The van der Waals surface area contributed by atoms with E-state index in [0.717, 1.165) is 37.6 Å². The van der Waals surface area contributed by atoms with E-state index >= 15 is 0 Å². The summed E-state index contributed by atoms with van der Waals surface area (Å²) in [4.78, 5) is 5.32. The monoisotopic (exact) mass is 391 g/mol. The van der Waals surface area contributed by atoms with E-state index < -0.39 is 0 Å². The third kappa shape index (κ3) is 2.60. The molecule has 132 valence electrons. The summed E-state index contributed by atoms with van der Waals surface area (Å²) < 4.78 is 1.77. The second-order valence-corrected chi connectivity index (χ2v) is 7.78. The van der Waals surface area contributed by atoms with Crippen LogP contribution in [0.1, 0.15) is 11.1 Å². The number of pyridine rings is 1. The molecule has 0 spiro atoms. The van der Waals surface area contributed by atoms with Gasteiger partial charge in [-0.1, -0.05) is 71.0 Å². The van der Waals surface area contributed by atoms with Crippen LogP contribution in [0.2, 0.25) is 5.02 Å². The van der Waals surface area contributed by atoms with E-state index in [2.05, 4.69) is 34.2 Å². The van der Waals surface area contributed by atoms with Gasteiger partial charge in [-0.25, -0.2) is 0 Å². The van der Waals surface area contributed by atoms with Gasteiger partial charge < -0.3 is 0 Å². The van der Waals surface area contributed by atoms with E-state index in [1.807, 2.05) is 37.3 Å². The van der Waals surface area contributed by atoms with E-state index in [4.69, 9.17) is 16.7 Å². The second kappa shape index (κ2) is 6.11. The molecule has 0 saturated heterocycles. The molecule has 3 aromatic heterocycles. The minimum atomic E-state index is 0.658. The first-order valence-electron chi connectivity index (χ1n) is 8.45. The highest BCUT2D eigenvalue weighted by Crippen LogP contribution is 2.36. The molecule has 0 bridgehead atoms. The molecule has 0 saturated carbocycles. The SMILES string of the molecule is Cc1ccc(-c2nnc3sc(-c4cnc5c(C)cccc5c4Cl)nn23)cc1. The zero-order valence-corrected chi connectivity index (χ0v) is 16.2. The molecule has 5 nitrogen and oxygen atoms in total. The van der Waals surface area contributed by atoms with Crippen LogP contribution < -0.4 is 0 Å². The molecule has 7 heteroatoms. The van der Waals surface area contributed by atoms with Gasteiger partial charge >= 0.3 is 0 Å². The van der Waals surface area contributed by atoms with Gasteiger partial charge in [0.2, 0.25) is 4.96 Å². The standard InChI is InChI=1S/C20H14ClN5S/c1-11-6-8-13(9-7-11)18-23-24-20-26(18)25-19(27-20)15-10-22-17-12(2)4-3-5-14(17)16(15)21/h3-10H,1-2H3. The van der Waals surface area contributed by atoms with Gasteiger partial charge in [0.05, 0.1) is 16.1 Å². The number of hydrogen-bond acceptors (Lipinski definition) is 5. The number of aromatic nitrogens is 5. The summed E-state index contributed by atoms with van der Waals surface area (Å²) in [6.07, 6.45) is 1.79. The topological polar surface area (TPSA) is 56.0 Å². The van der Waals surface area contributed by atoms with Gasteiger partial charge in [-0.2, -0.15) is 9.61 Å². The Morgan fingerprint density at radius 3 is 2.63 bits per heavy atom. The number of para-hydroxylation sites is 1. The van der Waals surface area contributed by atoms with Crippen LogP contribution in [0.3, 0.4) is 0 Å². The highest BCUT2D eigenvalue weighted by atomic mass is 35.5. The summed E-state index contributed by atoms with van der Waals surface area (Å²) in [6.45, 7) is 4.09. The molecule has 0 fully saturated rings. The van der Waals surface area contributed by atoms with Gasteiger partial charge in [0.1, 0.15) is 0 Å². The third-order valence-corrected chi connectivity index (χ3v) is 5.90. The molecule has 0 aliphatic carbocycles. The second-order valence-electron chi connectivity index (χ2n) is 6.45. The van der Waals surface area contributed by atoms with Crippen molar-refractivity contribution >= 4 is 38.8 Å². The lowest BCUT2D eigenvalue weighted by molar-refractivity contribution is 0.970. The van der Waals surface area contributed by atoms with Gasteiger partial charge in [-0.05, 0) is 19.4 Å². The highest BCUT2D eigenvalue weighted by molar-refractivity contribution is 7.19. The quantitative estimate of drug-likeness (QED) is 0.407. The van der Waals surface area contributed by atoms with E-state index in [0.29, 0.717) is 10.8 Å². The Hall–Kier alpha value is -2.83. The molecular formula is C20H14ClN5S. The maximum absolute atomic E-state index is 6.70. The van der Waals surface area contributed by atoms with Gasteiger partial charge in [0.15, 0.2) is 10.8 Å². The largest absolute Gasteiger partial charge is 0.255 e. The predicted molar refractivity (Wildman–Crippen MR) is 109 cm³/mol. The summed E-state index contributed by atoms with van der Waals surface area (Å²) in [5, 5.41) is 15.6. The number of aryl methyl sites for hydroxylation is 2. The molecular weight excluding hydrogens is 378 g/mol. The van der Waals surface area contributed by atoms with E-state index in [-0.39, 0.29) is 0 Å². The number of rotatable bonds is 2. The molecule has 2 aromatic carbocycles. The van der Waals surface area contributed by atoms with Crippen molar-refractivity contribution in [2.24, 2.45) is 0 Å². The molecule has 0 amide bonds. The van der Waals surface area contributed by atoms with E-state index in [1.165, 1.54) is 16.9 Å². The minimum Gasteiger partial charge on any atom is -0.255 e. The summed E-state index contributed by atoms with van der Waals surface area (Å²) in [5.41, 5.74) is 4.99. The number of nitrogens with zero attached hydrogens (tertiary/aromatic N) is 5. The normalized spacial score (nSPS) is 11.5. The first-order valence-corrected chi connectivity index (χ1v) is 9.65. The van der Waals surface area contributed by atoms with Crippen LogP contribution in [0.5, 0.6) is 0 Å². The fraction of sp³-hybridized carbons (Fsp3) is 0.100. The van der Waals surface area contributed by atoms with Crippen molar-refractivity contribution in [3.05, 3.63) is 64.8 Å². The summed E-state index contributed by atoms with van der Waals surface area (Å²) in [5.74, 6) is 0.716. The van der Waals surface area contributed by atoms with Crippen molar-refractivity contribution in [2.75, 3.05) is 0 Å². The molecule has 0 atom stereocenters. The number of benzene rings is 2. The van der Waals surface area contributed by atoms with Gasteiger partial charge in [0.25, 0.3) is 0 Å². The van der Waals surface area contributed by atoms with E-state index in [1.54, 1.807) is 10.7 Å². The van der Waals surface area contributed by atoms with Crippen LogP contribution >= 0.6 is 22.9 Å². The molecule has 27 heavy (non-hydrogen) atoms. The minimum absolute atomic E-state index is 0.658. The Bertz CT molecular complexity index is 1300. The Morgan fingerprint density at radius 2 is 1.81 bits per heavy atom. The predicted octanol–water partition coefficient (Wildman–Crippen LogP) is 5.34. The zero-order valence-electron chi connectivity index (χ0n) is 14.6. The lowest BCUT2D eigenvalue weighted by atomic mass is 10.1. The van der Waals surface area contributed by atoms with Gasteiger partial charge in [-0.15, -0.1) is 10.2 Å². The van der Waals surface area contributed by atoms with Crippen LogP contribution in [0, 0.1) is 13.8 Å². The molecule has 3 heterocycles. The Labute approximate surface area is 164 Å². The molecule has 0 aliphatic rings. The van der Waals surface area contributed by atoms with Crippen LogP contribution in [-0.4, -0.2) is 24.8 Å². The van der Waals surface area contributed by atoms with Gasteiger partial charge in [0, 0.05) is 17.1 Å². The number of hydrogen-bond donors (Lipinski definition) is 0. The van der Waals surface area contributed by atoms with Crippen molar-refractivity contribution in [2.45, 2.75) is 13.8 Å². The third-order valence-electron chi connectivity index (χ3n) is 4.56.